The van der Waals surface area contributed by atoms with E-state index in [4.69, 9.17) is 24.7 Å². The zero-order chi connectivity index (χ0) is 30.9. The molecule has 0 aliphatic carbocycles. The lowest BCUT2D eigenvalue weighted by atomic mass is 9.88. The number of esters is 2. The molecule has 4 N–H and O–H groups in total. The fourth-order valence-corrected chi connectivity index (χ4v) is 5.30. The number of cyclic esters (lactones) is 1. The van der Waals surface area contributed by atoms with Crippen molar-refractivity contribution < 1.29 is 43.5 Å². The minimum absolute atomic E-state index is 0.0163. The molecule has 0 spiro atoms. The molecule has 0 bridgehead atoms. The monoisotopic (exact) mass is 579 g/mol. The molecule has 1 fully saturated rings. The molecule has 0 aromatic carbocycles. The van der Waals surface area contributed by atoms with Gasteiger partial charge in [0, 0.05) is 18.8 Å². The molecule has 10 unspecified atom stereocenters. The van der Waals surface area contributed by atoms with E-state index in [0.717, 1.165) is 12.0 Å². The number of nitrogens with two attached hydrogens (primary N) is 1. The molecule has 2 rings (SSSR count). The van der Waals surface area contributed by atoms with Crippen molar-refractivity contribution in [1.82, 2.24) is 0 Å². The van der Waals surface area contributed by atoms with Crippen LogP contribution in [0.1, 0.15) is 80.6 Å². The van der Waals surface area contributed by atoms with Crippen molar-refractivity contribution >= 4 is 18.0 Å². The molecule has 10 heteroatoms. The first-order valence-electron chi connectivity index (χ1n) is 14.6. The first-order valence-corrected chi connectivity index (χ1v) is 14.6. The number of ether oxygens (including phenoxy) is 4. The summed E-state index contributed by atoms with van der Waals surface area (Å²) >= 11 is 0. The zero-order valence-corrected chi connectivity index (χ0v) is 25.4. The van der Waals surface area contributed by atoms with Crippen molar-refractivity contribution in [3.8, 4) is 0 Å². The van der Waals surface area contributed by atoms with Crippen LogP contribution in [0.4, 0.5) is 4.79 Å². The van der Waals surface area contributed by atoms with Crippen molar-refractivity contribution in [2.45, 2.75) is 123 Å². The largest absolute Gasteiger partial charge is 0.457 e. The van der Waals surface area contributed by atoms with Gasteiger partial charge in [0.25, 0.3) is 0 Å². The first kappa shape index (κ1) is 34.5. The molecular formula is C31H49NO9. The molecule has 232 valence electrons. The minimum Gasteiger partial charge on any atom is -0.457 e. The summed E-state index contributed by atoms with van der Waals surface area (Å²) in [6.07, 6.45) is 7.32. The van der Waals surface area contributed by atoms with E-state index >= 15 is 0 Å². The number of amides is 1. The van der Waals surface area contributed by atoms with E-state index in [1.807, 2.05) is 39.8 Å². The number of allylic oxidation sites excluding steroid dienone is 3. The van der Waals surface area contributed by atoms with Gasteiger partial charge in [0.15, 0.2) is 0 Å². The van der Waals surface area contributed by atoms with E-state index in [9.17, 15) is 24.6 Å². The molecule has 10 nitrogen and oxygen atoms in total. The predicted octanol–water partition coefficient (Wildman–Crippen LogP) is 4.12. The average molecular weight is 580 g/mol. The van der Waals surface area contributed by atoms with Crippen LogP contribution in [-0.4, -0.2) is 70.5 Å². The van der Waals surface area contributed by atoms with E-state index in [0.29, 0.717) is 6.42 Å². The summed E-state index contributed by atoms with van der Waals surface area (Å²) in [5, 5.41) is 21.3. The number of carbonyl (C=O) groups excluding carboxylic acids is 3. The van der Waals surface area contributed by atoms with Gasteiger partial charge in [0.05, 0.1) is 24.7 Å². The van der Waals surface area contributed by atoms with Gasteiger partial charge < -0.3 is 34.9 Å². The number of aliphatic hydroxyl groups is 2. The molecule has 2 aliphatic rings. The van der Waals surface area contributed by atoms with Gasteiger partial charge in [0.2, 0.25) is 0 Å². The van der Waals surface area contributed by atoms with Crippen LogP contribution in [0.25, 0.3) is 0 Å². The molecule has 0 aromatic heterocycles. The highest BCUT2D eigenvalue weighted by Crippen LogP contribution is 2.37. The van der Waals surface area contributed by atoms with Gasteiger partial charge in [0.1, 0.15) is 23.9 Å². The summed E-state index contributed by atoms with van der Waals surface area (Å²) in [5.41, 5.74) is 4.57. The highest BCUT2D eigenvalue weighted by atomic mass is 16.6. The second kappa shape index (κ2) is 15.5. The SMILES string of the molecule is CCC(OC(N)=O)C(C)C1OC1CC(C)/C=C/C=C(\C)C1OC(=O)CC(O)CCC(C)(O)C(OC(C)=O)/C=C/C1C. The molecule has 41 heavy (non-hydrogen) atoms. The van der Waals surface area contributed by atoms with Crippen molar-refractivity contribution in [3.05, 3.63) is 36.0 Å². The Morgan fingerprint density at radius 2 is 1.95 bits per heavy atom. The van der Waals surface area contributed by atoms with Crippen LogP contribution in [0.2, 0.25) is 0 Å². The van der Waals surface area contributed by atoms with Crippen molar-refractivity contribution in [1.29, 1.82) is 0 Å². The summed E-state index contributed by atoms with van der Waals surface area (Å²) in [5.74, 6) is -1.11. The maximum absolute atomic E-state index is 12.6. The third-order valence-corrected chi connectivity index (χ3v) is 7.87. The van der Waals surface area contributed by atoms with E-state index in [-0.39, 0.29) is 55.3 Å². The summed E-state index contributed by atoms with van der Waals surface area (Å²) in [6, 6.07) is 0. The molecule has 2 aliphatic heterocycles. The zero-order valence-electron chi connectivity index (χ0n) is 25.4. The standard InChI is InChI=1S/C31H49NO9/c1-8-24(40-30(32)36)21(5)29-25(39-29)16-18(2)10-9-11-19(3)28-20(4)12-13-26(38-22(6)33)31(7,37)15-14-23(34)17-27(35)41-28/h9-13,18,20-21,23-26,28-29,34,37H,8,14-17H2,1-7H3,(H2,32,36)/b10-9+,13-12+,19-11+. The van der Waals surface area contributed by atoms with Crippen molar-refractivity contribution in [2.24, 2.45) is 23.5 Å². The summed E-state index contributed by atoms with van der Waals surface area (Å²) in [4.78, 5) is 35.5. The van der Waals surface area contributed by atoms with Crippen LogP contribution in [0.3, 0.4) is 0 Å². The fraction of sp³-hybridized carbons (Fsp3) is 0.710. The van der Waals surface area contributed by atoms with Gasteiger partial charge in [-0.3, -0.25) is 9.59 Å². The van der Waals surface area contributed by atoms with Crippen molar-refractivity contribution in [3.63, 3.8) is 0 Å². The minimum atomic E-state index is -1.42. The Hall–Kier alpha value is -2.69. The van der Waals surface area contributed by atoms with Gasteiger partial charge in [-0.1, -0.05) is 52.0 Å². The molecule has 2 heterocycles. The first-order chi connectivity index (χ1) is 19.1. The van der Waals surface area contributed by atoms with Crippen LogP contribution in [0.5, 0.6) is 0 Å². The topological polar surface area (TPSA) is 158 Å². The third kappa shape index (κ3) is 11.2. The smallest absolute Gasteiger partial charge is 0.404 e. The Balaban J connectivity index is 2.10. The van der Waals surface area contributed by atoms with E-state index < -0.39 is 41.9 Å². The Morgan fingerprint density at radius 1 is 1.27 bits per heavy atom. The lowest BCUT2D eigenvalue weighted by Crippen LogP contribution is -2.42. The lowest BCUT2D eigenvalue weighted by molar-refractivity contribution is -0.157. The van der Waals surface area contributed by atoms with Crippen LogP contribution in [0, 0.1) is 17.8 Å². The molecule has 0 radical (unpaired) electrons. The van der Waals surface area contributed by atoms with Crippen LogP contribution < -0.4 is 5.73 Å². The third-order valence-electron chi connectivity index (χ3n) is 7.87. The van der Waals surface area contributed by atoms with E-state index in [2.05, 4.69) is 13.0 Å². The number of hydrogen-bond donors (Lipinski definition) is 3. The lowest BCUT2D eigenvalue weighted by Gasteiger charge is -2.32. The number of rotatable bonds is 10. The highest BCUT2D eigenvalue weighted by Gasteiger charge is 2.46. The van der Waals surface area contributed by atoms with Gasteiger partial charge in [-0.25, -0.2) is 4.79 Å². The maximum Gasteiger partial charge on any atom is 0.404 e. The second-order valence-corrected chi connectivity index (χ2v) is 11.8. The van der Waals surface area contributed by atoms with Gasteiger partial charge in [-0.15, -0.1) is 0 Å². The summed E-state index contributed by atoms with van der Waals surface area (Å²) in [7, 11) is 0. The van der Waals surface area contributed by atoms with Crippen LogP contribution in [0.15, 0.2) is 36.0 Å². The average Bonchev–Trinajstić information content (AvgIpc) is 3.64. The number of primary amides is 1. The molecule has 1 saturated heterocycles. The fourth-order valence-electron chi connectivity index (χ4n) is 5.30. The summed E-state index contributed by atoms with van der Waals surface area (Å²) < 4.78 is 22.2. The van der Waals surface area contributed by atoms with Gasteiger partial charge in [-0.2, -0.15) is 0 Å². The molecule has 0 saturated carbocycles. The van der Waals surface area contributed by atoms with Crippen LogP contribution in [-0.2, 0) is 28.5 Å². The number of aliphatic hydroxyl groups excluding tert-OH is 1. The van der Waals surface area contributed by atoms with Crippen LogP contribution >= 0.6 is 0 Å². The predicted molar refractivity (Wildman–Crippen MR) is 153 cm³/mol. The Morgan fingerprint density at radius 3 is 2.56 bits per heavy atom. The second-order valence-electron chi connectivity index (χ2n) is 11.8. The van der Waals surface area contributed by atoms with Gasteiger partial charge in [-0.05, 0) is 57.1 Å². The molecular weight excluding hydrogens is 530 g/mol. The number of epoxide rings is 1. The Kier molecular flexibility index (Phi) is 13.1. The molecule has 0 aromatic rings. The Bertz CT molecular complexity index is 988. The van der Waals surface area contributed by atoms with Crippen molar-refractivity contribution in [2.75, 3.05) is 0 Å². The maximum atomic E-state index is 12.6. The Labute approximate surface area is 243 Å². The number of hydrogen-bond acceptors (Lipinski definition) is 9. The summed E-state index contributed by atoms with van der Waals surface area (Å²) in [6.45, 7) is 12.6. The quantitative estimate of drug-likeness (QED) is 0.114. The number of carbonyl (C=O) groups is 3. The molecule has 1 amide bonds. The normalized spacial score (nSPS) is 34.4. The van der Waals surface area contributed by atoms with E-state index in [1.54, 1.807) is 19.1 Å². The van der Waals surface area contributed by atoms with E-state index in [1.165, 1.54) is 6.92 Å². The molecule has 10 atom stereocenters. The highest BCUT2D eigenvalue weighted by molar-refractivity contribution is 5.70. The van der Waals surface area contributed by atoms with Gasteiger partial charge >= 0.3 is 18.0 Å².